The fourth-order valence-corrected chi connectivity index (χ4v) is 8.58. The normalized spacial score (nSPS) is 11.0. The van der Waals surface area contributed by atoms with Gasteiger partial charge in [-0.25, -0.2) is 4.79 Å². The molecule has 0 saturated carbocycles. The second-order valence-corrected chi connectivity index (χ2v) is 11.2. The molecule has 0 aromatic heterocycles. The highest BCUT2D eigenvalue weighted by Crippen LogP contribution is 2.46. The second-order valence-electron chi connectivity index (χ2n) is 7.86. The van der Waals surface area contributed by atoms with E-state index in [1.54, 1.807) is 6.92 Å². The van der Waals surface area contributed by atoms with Crippen LogP contribution in [0.2, 0.25) is 0 Å². The molecule has 170 valence electrons. The average Bonchev–Trinajstić information content (AvgIpc) is 2.92. The Hall–Kier alpha value is -3.68. The zero-order valence-electron chi connectivity index (χ0n) is 19.1. The Morgan fingerprint density at radius 3 is 1.38 bits per heavy atom. The topological polar surface area (TPSA) is 43.4 Å². The third-order valence-corrected chi connectivity index (χ3v) is 10.1. The Morgan fingerprint density at radius 2 is 1.00 bits per heavy atom. The number of rotatable bonds is 8. The summed E-state index contributed by atoms with van der Waals surface area (Å²) in [4.78, 5) is 27.5. The van der Waals surface area contributed by atoms with E-state index in [1.165, 1.54) is 0 Å². The third-order valence-electron chi connectivity index (χ3n) is 5.76. The van der Waals surface area contributed by atoms with Gasteiger partial charge in [0.1, 0.15) is 11.9 Å². The van der Waals surface area contributed by atoms with Crippen LogP contribution in [-0.4, -0.2) is 17.0 Å². The molecule has 0 unspecified atom stereocenters. The number of Topliss-reactive ketones (excluding diaryl/α,β-unsaturated/α-hetero) is 1. The van der Waals surface area contributed by atoms with Crippen LogP contribution in [0.4, 0.5) is 0 Å². The van der Waals surface area contributed by atoms with E-state index in [-0.39, 0.29) is 24.1 Å². The summed E-state index contributed by atoms with van der Waals surface area (Å²) in [7, 11) is 0. The molecule has 0 aliphatic carbocycles. The minimum atomic E-state index is -2.82. The van der Waals surface area contributed by atoms with Crippen LogP contribution in [0, 0.1) is 0 Å². The highest BCUT2D eigenvalue weighted by Gasteiger charge is 2.36. The van der Waals surface area contributed by atoms with Gasteiger partial charge in [0.15, 0.2) is 5.78 Å². The van der Waals surface area contributed by atoms with Crippen LogP contribution in [0.5, 0.6) is 0 Å². The van der Waals surface area contributed by atoms with Crippen LogP contribution in [0.3, 0.4) is 0 Å². The molecule has 4 heteroatoms. The highest BCUT2D eigenvalue weighted by atomic mass is 31.2. The zero-order valence-corrected chi connectivity index (χ0v) is 20.0. The number of esters is 1. The molecular formula is C30H27O3P. The largest absolute Gasteiger partial charge is 0.457 e. The number of ether oxygens (including phenoxy) is 1. The molecule has 0 saturated heterocycles. The fourth-order valence-electron chi connectivity index (χ4n) is 4.19. The van der Waals surface area contributed by atoms with Gasteiger partial charge >= 0.3 is 5.97 Å². The van der Waals surface area contributed by atoms with E-state index < -0.39 is 12.9 Å². The summed E-state index contributed by atoms with van der Waals surface area (Å²) in [6, 6.07) is 39.2. The van der Waals surface area contributed by atoms with Crippen molar-refractivity contribution in [2.75, 3.05) is 0 Å². The molecule has 0 fully saturated rings. The smallest absolute Gasteiger partial charge is 0.343 e. The number of benzene rings is 4. The minimum Gasteiger partial charge on any atom is -0.457 e. The van der Waals surface area contributed by atoms with Gasteiger partial charge in [-0.3, -0.25) is 4.79 Å². The van der Waals surface area contributed by atoms with E-state index in [0.29, 0.717) is 0 Å². The Labute approximate surface area is 201 Å². The molecule has 0 aliphatic rings. The molecule has 4 aromatic rings. The maximum atomic E-state index is 13.8. The van der Waals surface area contributed by atoms with E-state index >= 15 is 0 Å². The summed E-state index contributed by atoms with van der Waals surface area (Å²) in [5.74, 6) is -0.747. The van der Waals surface area contributed by atoms with Crippen LogP contribution < -0.4 is 15.9 Å². The first kappa shape index (κ1) is 23.5. The number of hydrogen-bond acceptors (Lipinski definition) is 3. The monoisotopic (exact) mass is 466 g/mol. The first-order chi connectivity index (χ1) is 16.7. The van der Waals surface area contributed by atoms with Crippen molar-refractivity contribution < 1.29 is 14.3 Å². The van der Waals surface area contributed by atoms with Crippen molar-refractivity contribution >= 4 is 39.8 Å². The van der Waals surface area contributed by atoms with Crippen LogP contribution in [0.1, 0.15) is 18.9 Å². The molecule has 3 nitrogen and oxygen atoms in total. The molecule has 0 radical (unpaired) electrons. The van der Waals surface area contributed by atoms with Crippen LogP contribution in [0.25, 0.3) is 0 Å². The Kier molecular flexibility index (Phi) is 7.57. The predicted molar refractivity (Wildman–Crippen MR) is 142 cm³/mol. The maximum absolute atomic E-state index is 13.8. The molecular weight excluding hydrogens is 439 g/mol. The lowest BCUT2D eigenvalue weighted by Gasteiger charge is -2.31. The standard InChI is InChI=1S/C30H27O3P/c1-2-28(31)29(30(32)33-23-24-15-7-3-8-16-24)34(25-17-9-4-10-18-25,26-19-11-5-12-20-26)27-21-13-6-14-22-27/h3-22H,2,23H2,1H3. The first-order valence-electron chi connectivity index (χ1n) is 11.4. The van der Waals surface area contributed by atoms with Gasteiger partial charge in [-0.1, -0.05) is 128 Å². The predicted octanol–water partition coefficient (Wildman–Crippen LogP) is 4.88. The summed E-state index contributed by atoms with van der Waals surface area (Å²) < 4.78 is 5.81. The lowest BCUT2D eigenvalue weighted by molar-refractivity contribution is -0.137. The Bertz CT molecular complexity index is 1200. The van der Waals surface area contributed by atoms with E-state index in [2.05, 4.69) is 0 Å². The number of carbonyl (C=O) groups is 2. The van der Waals surface area contributed by atoms with Gasteiger partial charge in [0, 0.05) is 6.42 Å². The van der Waals surface area contributed by atoms with Crippen LogP contribution >= 0.6 is 6.89 Å². The quantitative estimate of drug-likeness (QED) is 0.211. The summed E-state index contributed by atoms with van der Waals surface area (Å²) in [5, 5.41) is 3.07. The molecule has 0 amide bonds. The molecule has 4 rings (SSSR count). The number of hydrogen-bond donors (Lipinski definition) is 0. The van der Waals surface area contributed by atoms with Crippen molar-refractivity contribution in [3.63, 3.8) is 0 Å². The van der Waals surface area contributed by atoms with Crippen LogP contribution in [-0.2, 0) is 20.9 Å². The van der Waals surface area contributed by atoms with Crippen LogP contribution in [0.15, 0.2) is 121 Å². The second kappa shape index (κ2) is 11.0. The van der Waals surface area contributed by atoms with Crippen molar-refractivity contribution in [3.05, 3.63) is 127 Å². The van der Waals surface area contributed by atoms with E-state index in [4.69, 9.17) is 4.74 Å². The van der Waals surface area contributed by atoms with Gasteiger partial charge in [-0.05, 0) is 28.4 Å². The average molecular weight is 467 g/mol. The van der Waals surface area contributed by atoms with E-state index in [9.17, 15) is 9.59 Å². The number of ketones is 1. The molecule has 0 bridgehead atoms. The van der Waals surface area contributed by atoms with Crippen molar-refractivity contribution in [3.8, 4) is 0 Å². The van der Waals surface area contributed by atoms with Gasteiger partial charge in [-0.2, -0.15) is 0 Å². The fraction of sp³-hybridized carbons (Fsp3) is 0.100. The lowest BCUT2D eigenvalue weighted by atomic mass is 10.2. The maximum Gasteiger partial charge on any atom is 0.343 e. The summed E-state index contributed by atoms with van der Waals surface area (Å²) in [6.07, 6.45) is 0.212. The summed E-state index contributed by atoms with van der Waals surface area (Å²) in [5.41, 5.74) is 0.877. The third kappa shape index (κ3) is 4.66. The minimum absolute atomic E-state index is 0.110. The lowest BCUT2D eigenvalue weighted by Crippen LogP contribution is -2.38. The van der Waals surface area contributed by atoms with Gasteiger partial charge in [-0.15, -0.1) is 0 Å². The van der Waals surface area contributed by atoms with Gasteiger partial charge < -0.3 is 4.74 Å². The Balaban J connectivity index is 2.06. The molecule has 4 aromatic carbocycles. The molecule has 0 atom stereocenters. The van der Waals surface area contributed by atoms with Crippen molar-refractivity contribution in [1.29, 1.82) is 0 Å². The van der Waals surface area contributed by atoms with Crippen molar-refractivity contribution in [2.45, 2.75) is 20.0 Å². The van der Waals surface area contributed by atoms with Crippen molar-refractivity contribution in [1.82, 2.24) is 0 Å². The Morgan fingerprint density at radius 1 is 0.618 bits per heavy atom. The molecule has 0 N–H and O–H groups in total. The first-order valence-corrected chi connectivity index (χ1v) is 13.1. The van der Waals surface area contributed by atoms with Gasteiger partial charge in [0.25, 0.3) is 0 Å². The van der Waals surface area contributed by atoms with E-state index in [1.807, 2.05) is 121 Å². The molecule has 34 heavy (non-hydrogen) atoms. The molecule has 0 aliphatic heterocycles. The SMILES string of the molecule is CCC(=O)C(C(=O)OCc1ccccc1)=P(c1ccccc1)(c1ccccc1)c1ccccc1. The van der Waals surface area contributed by atoms with E-state index in [0.717, 1.165) is 21.5 Å². The summed E-state index contributed by atoms with van der Waals surface area (Å²) >= 11 is 0. The van der Waals surface area contributed by atoms with Gasteiger partial charge in [0.05, 0.1) is 0 Å². The number of carbonyl (C=O) groups excluding carboxylic acids is 2. The van der Waals surface area contributed by atoms with Gasteiger partial charge in [0.2, 0.25) is 0 Å². The van der Waals surface area contributed by atoms with Crippen molar-refractivity contribution in [2.24, 2.45) is 0 Å². The highest BCUT2D eigenvalue weighted by molar-refractivity contribution is 7.97. The molecule has 0 heterocycles. The molecule has 0 spiro atoms. The zero-order chi connectivity index (χ0) is 23.8. The summed E-state index contributed by atoms with van der Waals surface area (Å²) in [6.45, 7) is -0.917.